The lowest BCUT2D eigenvalue weighted by molar-refractivity contribution is -0.133. The molecule has 0 radical (unpaired) electrons. The summed E-state index contributed by atoms with van der Waals surface area (Å²) in [5.41, 5.74) is -0.341. The Morgan fingerprint density at radius 3 is 2.62 bits per heavy atom. The molecule has 0 aromatic heterocycles. The van der Waals surface area contributed by atoms with Gasteiger partial charge in [-0.05, 0) is 47.3 Å². The maximum absolute atomic E-state index is 12.2. The van der Waals surface area contributed by atoms with Gasteiger partial charge in [-0.3, -0.25) is 10.1 Å². The maximum Gasteiger partial charge on any atom is 0.243 e. The quantitative estimate of drug-likeness (QED) is 0.757. The molecule has 2 unspecified atom stereocenters. The minimum Gasteiger partial charge on any atom is -0.326 e. The molecule has 94 valence electrons. The van der Waals surface area contributed by atoms with Crippen LogP contribution in [0.15, 0.2) is 0 Å². The molecule has 0 spiro atoms. The normalized spacial score (nSPS) is 27.9. The highest BCUT2D eigenvalue weighted by molar-refractivity contribution is 5.88. The molecule has 1 aliphatic rings. The first-order valence-electron chi connectivity index (χ1n) is 6.11. The first-order chi connectivity index (χ1) is 7.40. The molecule has 1 aliphatic heterocycles. The molecule has 0 aliphatic carbocycles. The third-order valence-corrected chi connectivity index (χ3v) is 3.61. The van der Waals surface area contributed by atoms with E-state index in [1.54, 1.807) is 0 Å². The summed E-state index contributed by atoms with van der Waals surface area (Å²) in [7, 11) is 4.12. The van der Waals surface area contributed by atoms with Crippen molar-refractivity contribution < 1.29 is 4.79 Å². The molecule has 0 saturated carbocycles. The van der Waals surface area contributed by atoms with Crippen molar-refractivity contribution in [1.82, 2.24) is 15.1 Å². The second kappa shape index (κ2) is 5.15. The number of hydrogen-bond donors (Lipinski definition) is 1. The third kappa shape index (κ3) is 2.74. The number of carbonyl (C=O) groups excluding carboxylic acids is 1. The molecule has 1 fully saturated rings. The highest BCUT2D eigenvalue weighted by atomic mass is 16.2. The van der Waals surface area contributed by atoms with Crippen LogP contribution in [0, 0.1) is 0 Å². The average Bonchev–Trinajstić information content (AvgIpc) is 2.53. The fourth-order valence-electron chi connectivity index (χ4n) is 1.96. The zero-order chi connectivity index (χ0) is 12.3. The van der Waals surface area contributed by atoms with Gasteiger partial charge in [-0.2, -0.15) is 0 Å². The molecule has 2 atom stereocenters. The van der Waals surface area contributed by atoms with Gasteiger partial charge in [-0.1, -0.05) is 6.92 Å². The molecule has 0 bridgehead atoms. The first kappa shape index (κ1) is 13.5. The van der Waals surface area contributed by atoms with Crippen LogP contribution in [0.1, 0.15) is 33.6 Å². The van der Waals surface area contributed by atoms with Gasteiger partial charge >= 0.3 is 0 Å². The molecule has 1 rings (SSSR count). The summed E-state index contributed by atoms with van der Waals surface area (Å²) in [6.45, 7) is 7.89. The Kier molecular flexibility index (Phi) is 4.33. The van der Waals surface area contributed by atoms with Crippen molar-refractivity contribution in [2.45, 2.75) is 45.2 Å². The van der Waals surface area contributed by atoms with Crippen LogP contribution in [-0.4, -0.2) is 54.6 Å². The van der Waals surface area contributed by atoms with Gasteiger partial charge in [-0.15, -0.1) is 0 Å². The summed E-state index contributed by atoms with van der Waals surface area (Å²) >= 11 is 0. The molecule has 1 heterocycles. The molecule has 1 saturated heterocycles. The maximum atomic E-state index is 12.2. The van der Waals surface area contributed by atoms with E-state index in [-0.39, 0.29) is 11.4 Å². The van der Waals surface area contributed by atoms with E-state index in [9.17, 15) is 4.79 Å². The number of carbonyl (C=O) groups is 1. The topological polar surface area (TPSA) is 35.6 Å². The molecule has 1 N–H and O–H groups in total. The van der Waals surface area contributed by atoms with Crippen LogP contribution < -0.4 is 5.32 Å². The van der Waals surface area contributed by atoms with E-state index in [0.29, 0.717) is 12.7 Å². The lowest BCUT2D eigenvalue weighted by atomic mass is 9.99. The van der Waals surface area contributed by atoms with Gasteiger partial charge in [-0.25, -0.2) is 0 Å². The zero-order valence-corrected chi connectivity index (χ0v) is 11.2. The van der Waals surface area contributed by atoms with Gasteiger partial charge in [0.25, 0.3) is 0 Å². The van der Waals surface area contributed by atoms with Crippen molar-refractivity contribution in [1.29, 1.82) is 0 Å². The Hall–Kier alpha value is -0.610. The van der Waals surface area contributed by atoms with E-state index in [4.69, 9.17) is 0 Å². The van der Waals surface area contributed by atoms with Crippen LogP contribution >= 0.6 is 0 Å². The fourth-order valence-corrected chi connectivity index (χ4v) is 1.96. The summed E-state index contributed by atoms with van der Waals surface area (Å²) < 4.78 is 0. The van der Waals surface area contributed by atoms with Gasteiger partial charge in [0.15, 0.2) is 0 Å². The second-order valence-electron chi connectivity index (χ2n) is 5.24. The molecular formula is C12H25N3O. The molecular weight excluding hydrogens is 202 g/mol. The minimum atomic E-state index is -0.341. The summed E-state index contributed by atoms with van der Waals surface area (Å²) in [5, 5.41) is 3.31. The monoisotopic (exact) mass is 227 g/mol. The van der Waals surface area contributed by atoms with Crippen molar-refractivity contribution in [3.63, 3.8) is 0 Å². The lowest BCUT2D eigenvalue weighted by Gasteiger charge is -2.27. The van der Waals surface area contributed by atoms with E-state index in [0.717, 1.165) is 19.4 Å². The Balaban J connectivity index is 2.53. The molecule has 4 nitrogen and oxygen atoms in total. The molecule has 0 aromatic rings. The number of amides is 1. The smallest absolute Gasteiger partial charge is 0.243 e. The van der Waals surface area contributed by atoms with Crippen LogP contribution in [0.5, 0.6) is 0 Å². The van der Waals surface area contributed by atoms with Gasteiger partial charge < -0.3 is 9.80 Å². The van der Waals surface area contributed by atoms with Gasteiger partial charge in [0.1, 0.15) is 0 Å². The van der Waals surface area contributed by atoms with Gasteiger partial charge in [0.05, 0.1) is 12.2 Å². The number of hydrogen-bond acceptors (Lipinski definition) is 3. The summed E-state index contributed by atoms with van der Waals surface area (Å²) in [5.74, 6) is 0.251. The van der Waals surface area contributed by atoms with Crippen LogP contribution in [0.2, 0.25) is 0 Å². The molecule has 16 heavy (non-hydrogen) atoms. The second-order valence-corrected chi connectivity index (χ2v) is 5.24. The number of nitrogens with zero attached hydrogens (tertiary/aromatic N) is 2. The van der Waals surface area contributed by atoms with Crippen molar-refractivity contribution in [2.24, 2.45) is 0 Å². The van der Waals surface area contributed by atoms with E-state index < -0.39 is 0 Å². The van der Waals surface area contributed by atoms with Gasteiger partial charge in [0, 0.05) is 6.04 Å². The Labute approximate surface area is 99.0 Å². The van der Waals surface area contributed by atoms with Crippen LogP contribution in [0.3, 0.4) is 0 Å². The summed E-state index contributed by atoms with van der Waals surface area (Å²) in [6, 6.07) is 0.316. The van der Waals surface area contributed by atoms with Crippen molar-refractivity contribution >= 4 is 5.91 Å². The molecule has 1 amide bonds. The van der Waals surface area contributed by atoms with E-state index in [1.807, 2.05) is 11.8 Å². The predicted molar refractivity (Wildman–Crippen MR) is 66.2 cm³/mol. The largest absolute Gasteiger partial charge is 0.326 e. The van der Waals surface area contributed by atoms with Crippen LogP contribution in [0.4, 0.5) is 0 Å². The molecule has 4 heteroatoms. The number of rotatable bonds is 5. The fraction of sp³-hybridized carbons (Fsp3) is 0.917. The SMILES string of the molecule is CCC1(C)NCN(C(C)CCN(C)C)C1=O. The Morgan fingerprint density at radius 2 is 2.19 bits per heavy atom. The first-order valence-corrected chi connectivity index (χ1v) is 6.11. The lowest BCUT2D eigenvalue weighted by Crippen LogP contribution is -2.44. The zero-order valence-electron chi connectivity index (χ0n) is 11.2. The van der Waals surface area contributed by atoms with Crippen molar-refractivity contribution in [3.05, 3.63) is 0 Å². The standard InChI is InChI=1S/C12H25N3O/c1-6-12(3)11(16)15(9-13-12)10(2)7-8-14(4)5/h10,13H,6-9H2,1-5H3. The predicted octanol–water partition coefficient (Wildman–Crippen LogP) is 0.885. The van der Waals surface area contributed by atoms with Crippen molar-refractivity contribution in [3.8, 4) is 0 Å². The average molecular weight is 227 g/mol. The van der Waals surface area contributed by atoms with Gasteiger partial charge in [0.2, 0.25) is 5.91 Å². The van der Waals surface area contributed by atoms with E-state index >= 15 is 0 Å². The number of nitrogens with one attached hydrogen (secondary N) is 1. The van der Waals surface area contributed by atoms with E-state index in [2.05, 4.69) is 38.2 Å². The summed E-state index contributed by atoms with van der Waals surface area (Å²) in [4.78, 5) is 16.3. The van der Waals surface area contributed by atoms with Crippen LogP contribution in [-0.2, 0) is 4.79 Å². The van der Waals surface area contributed by atoms with Crippen LogP contribution in [0.25, 0.3) is 0 Å². The summed E-state index contributed by atoms with van der Waals surface area (Å²) in [6.07, 6.45) is 1.88. The van der Waals surface area contributed by atoms with Crippen molar-refractivity contribution in [2.75, 3.05) is 27.3 Å². The highest BCUT2D eigenvalue weighted by Gasteiger charge is 2.42. The Bertz CT molecular complexity index is 255. The Morgan fingerprint density at radius 1 is 1.56 bits per heavy atom. The third-order valence-electron chi connectivity index (χ3n) is 3.61. The van der Waals surface area contributed by atoms with E-state index in [1.165, 1.54) is 0 Å². The molecule has 0 aromatic carbocycles. The highest BCUT2D eigenvalue weighted by Crippen LogP contribution is 2.21. The minimum absolute atomic E-state index is 0.251.